The topological polar surface area (TPSA) is 86.5 Å². The van der Waals surface area contributed by atoms with Gasteiger partial charge in [0.05, 0.1) is 18.8 Å². The summed E-state index contributed by atoms with van der Waals surface area (Å²) in [5, 5.41) is 5.07. The van der Waals surface area contributed by atoms with E-state index < -0.39 is 15.4 Å². The van der Waals surface area contributed by atoms with Crippen molar-refractivity contribution in [3.05, 3.63) is 0 Å². The smallest absolute Gasteiger partial charge is 0.306 e. The highest BCUT2D eigenvalue weighted by Crippen LogP contribution is 2.37. The van der Waals surface area contributed by atoms with Crippen LogP contribution in [0, 0.1) is 10.8 Å². The van der Waals surface area contributed by atoms with Crippen molar-refractivity contribution >= 4 is 16.0 Å². The van der Waals surface area contributed by atoms with Crippen molar-refractivity contribution < 1.29 is 17.9 Å². The van der Waals surface area contributed by atoms with E-state index >= 15 is 0 Å². The number of hydrogen-bond donors (Lipinski definition) is 1. The number of esters is 1. The van der Waals surface area contributed by atoms with Gasteiger partial charge in [-0.2, -0.15) is 0 Å². The van der Waals surface area contributed by atoms with Crippen molar-refractivity contribution in [3.8, 4) is 0 Å². The SMILES string of the molecule is CCOC(=O)CC(C)(C)CC(C)(C)CS(N)(=O)=O. The number of hydrogen-bond acceptors (Lipinski definition) is 4. The highest BCUT2D eigenvalue weighted by atomic mass is 32.2. The number of carbonyl (C=O) groups is 1. The van der Waals surface area contributed by atoms with Gasteiger partial charge in [-0.25, -0.2) is 13.6 Å². The molecule has 0 aliphatic rings. The summed E-state index contributed by atoms with van der Waals surface area (Å²) in [7, 11) is -3.51. The third-order valence-corrected chi connectivity index (χ3v) is 3.66. The molecule has 108 valence electrons. The van der Waals surface area contributed by atoms with Gasteiger partial charge in [0, 0.05) is 0 Å². The standard InChI is InChI=1S/C12H25NO4S/c1-6-17-10(14)7-11(2,3)8-12(4,5)9-18(13,15)16/h6-9H2,1-5H3,(H2,13,15,16). The molecule has 0 saturated heterocycles. The molecule has 0 atom stereocenters. The highest BCUT2D eigenvalue weighted by Gasteiger charge is 2.33. The molecule has 0 bridgehead atoms. The van der Waals surface area contributed by atoms with Crippen molar-refractivity contribution in [2.75, 3.05) is 12.4 Å². The summed E-state index contributed by atoms with van der Waals surface area (Å²) < 4.78 is 27.2. The van der Waals surface area contributed by atoms with E-state index in [0.717, 1.165) is 0 Å². The maximum absolute atomic E-state index is 11.5. The number of rotatable bonds is 7. The Morgan fingerprint density at radius 1 is 1.17 bits per heavy atom. The molecule has 0 saturated carbocycles. The molecule has 18 heavy (non-hydrogen) atoms. The minimum Gasteiger partial charge on any atom is -0.466 e. The molecule has 0 spiro atoms. The summed E-state index contributed by atoms with van der Waals surface area (Å²) in [6, 6.07) is 0. The lowest BCUT2D eigenvalue weighted by atomic mass is 9.74. The van der Waals surface area contributed by atoms with Crippen molar-refractivity contribution in [3.63, 3.8) is 0 Å². The van der Waals surface area contributed by atoms with Gasteiger partial charge in [-0.05, 0) is 24.2 Å². The molecule has 0 amide bonds. The van der Waals surface area contributed by atoms with Gasteiger partial charge in [-0.3, -0.25) is 4.79 Å². The van der Waals surface area contributed by atoms with E-state index in [4.69, 9.17) is 9.88 Å². The molecule has 6 heteroatoms. The number of sulfonamides is 1. The van der Waals surface area contributed by atoms with E-state index in [-0.39, 0.29) is 23.6 Å². The molecule has 0 aliphatic carbocycles. The Morgan fingerprint density at radius 3 is 2.06 bits per heavy atom. The second-order valence-corrected chi connectivity index (χ2v) is 7.91. The average Bonchev–Trinajstić information content (AvgIpc) is 1.93. The van der Waals surface area contributed by atoms with E-state index in [0.29, 0.717) is 13.0 Å². The van der Waals surface area contributed by atoms with Crippen LogP contribution < -0.4 is 5.14 Å². The minimum absolute atomic E-state index is 0.0910. The highest BCUT2D eigenvalue weighted by molar-refractivity contribution is 7.89. The summed E-state index contributed by atoms with van der Waals surface area (Å²) >= 11 is 0. The Kier molecular flexibility index (Phi) is 5.81. The Bertz CT molecular complexity index is 385. The number of ether oxygens (including phenoxy) is 1. The van der Waals surface area contributed by atoms with Gasteiger partial charge in [0.2, 0.25) is 10.0 Å². The van der Waals surface area contributed by atoms with Crippen molar-refractivity contribution in [1.29, 1.82) is 0 Å². The van der Waals surface area contributed by atoms with Crippen LogP contribution in [0.3, 0.4) is 0 Å². The van der Waals surface area contributed by atoms with Crippen LogP contribution >= 0.6 is 0 Å². The molecular formula is C12H25NO4S. The predicted octanol–water partition coefficient (Wildman–Crippen LogP) is 1.67. The Balaban J connectivity index is 4.60. The predicted molar refractivity (Wildman–Crippen MR) is 71.4 cm³/mol. The molecule has 0 aromatic carbocycles. The lowest BCUT2D eigenvalue weighted by molar-refractivity contribution is -0.145. The van der Waals surface area contributed by atoms with Crippen LogP contribution in [0.1, 0.15) is 47.5 Å². The van der Waals surface area contributed by atoms with Crippen LogP contribution in [0.5, 0.6) is 0 Å². The molecule has 0 heterocycles. The first-order chi connectivity index (χ1) is 7.87. The van der Waals surface area contributed by atoms with Gasteiger partial charge in [-0.1, -0.05) is 27.7 Å². The first kappa shape index (κ1) is 17.4. The van der Waals surface area contributed by atoms with Crippen LogP contribution in [0.25, 0.3) is 0 Å². The zero-order valence-corrected chi connectivity index (χ0v) is 12.8. The van der Waals surface area contributed by atoms with Crippen LogP contribution in [0.4, 0.5) is 0 Å². The first-order valence-electron chi connectivity index (χ1n) is 6.03. The minimum atomic E-state index is -3.51. The third kappa shape index (κ3) is 8.47. The molecule has 0 aromatic rings. The van der Waals surface area contributed by atoms with Crippen LogP contribution in [-0.4, -0.2) is 26.7 Å². The van der Waals surface area contributed by atoms with Crippen molar-refractivity contribution in [2.24, 2.45) is 16.0 Å². The monoisotopic (exact) mass is 279 g/mol. The third-order valence-electron chi connectivity index (χ3n) is 2.48. The molecule has 0 radical (unpaired) electrons. The maximum Gasteiger partial charge on any atom is 0.306 e. The maximum atomic E-state index is 11.5. The fraction of sp³-hybridized carbons (Fsp3) is 0.917. The molecule has 0 fully saturated rings. The van der Waals surface area contributed by atoms with E-state index in [9.17, 15) is 13.2 Å². The average molecular weight is 279 g/mol. The van der Waals surface area contributed by atoms with Gasteiger partial charge in [-0.15, -0.1) is 0 Å². The van der Waals surface area contributed by atoms with Crippen LogP contribution in [0.2, 0.25) is 0 Å². The molecule has 0 unspecified atom stereocenters. The fourth-order valence-electron chi connectivity index (χ4n) is 2.56. The molecule has 2 N–H and O–H groups in total. The summed E-state index contributed by atoms with van der Waals surface area (Å²) in [4.78, 5) is 11.5. The largest absolute Gasteiger partial charge is 0.466 e. The Hall–Kier alpha value is -0.620. The lowest BCUT2D eigenvalue weighted by Crippen LogP contribution is -2.34. The normalized spacial score (nSPS) is 13.4. The van der Waals surface area contributed by atoms with E-state index in [2.05, 4.69) is 0 Å². The van der Waals surface area contributed by atoms with Crippen LogP contribution in [-0.2, 0) is 19.6 Å². The van der Waals surface area contributed by atoms with Crippen LogP contribution in [0.15, 0.2) is 0 Å². The molecule has 5 nitrogen and oxygen atoms in total. The van der Waals surface area contributed by atoms with Gasteiger partial charge in [0.25, 0.3) is 0 Å². The zero-order chi connectivity index (χ0) is 14.6. The fourth-order valence-corrected chi connectivity index (χ4v) is 3.75. The second kappa shape index (κ2) is 6.02. The Labute approximate surface area is 110 Å². The lowest BCUT2D eigenvalue weighted by Gasteiger charge is -2.33. The summed E-state index contributed by atoms with van der Waals surface area (Å²) in [6.45, 7) is 9.64. The summed E-state index contributed by atoms with van der Waals surface area (Å²) in [5.74, 6) is -0.347. The summed E-state index contributed by atoms with van der Waals surface area (Å²) in [5.41, 5.74) is -0.788. The number of carbonyl (C=O) groups excluding carboxylic acids is 1. The van der Waals surface area contributed by atoms with Gasteiger partial charge < -0.3 is 4.74 Å². The van der Waals surface area contributed by atoms with Gasteiger partial charge >= 0.3 is 5.97 Å². The molecular weight excluding hydrogens is 254 g/mol. The molecule has 0 aromatic heterocycles. The van der Waals surface area contributed by atoms with Crippen molar-refractivity contribution in [2.45, 2.75) is 47.5 Å². The van der Waals surface area contributed by atoms with Crippen molar-refractivity contribution in [1.82, 2.24) is 0 Å². The molecule has 0 rings (SSSR count). The number of primary sulfonamides is 1. The quantitative estimate of drug-likeness (QED) is 0.718. The second-order valence-electron chi connectivity index (χ2n) is 6.29. The first-order valence-corrected chi connectivity index (χ1v) is 7.74. The Morgan fingerprint density at radius 2 is 1.67 bits per heavy atom. The summed E-state index contributed by atoms with van der Waals surface area (Å²) in [6.07, 6.45) is 0.851. The van der Waals surface area contributed by atoms with Gasteiger partial charge in [0.1, 0.15) is 0 Å². The van der Waals surface area contributed by atoms with E-state index in [1.807, 2.05) is 27.7 Å². The number of nitrogens with two attached hydrogens (primary N) is 1. The zero-order valence-electron chi connectivity index (χ0n) is 11.9. The van der Waals surface area contributed by atoms with E-state index in [1.165, 1.54) is 0 Å². The van der Waals surface area contributed by atoms with E-state index in [1.54, 1.807) is 6.92 Å². The molecule has 0 aliphatic heterocycles. The van der Waals surface area contributed by atoms with Gasteiger partial charge in [0.15, 0.2) is 0 Å².